The molecule has 9 heteroatoms. The number of carbonyl (C=O) groups excluding carboxylic acids is 1. The quantitative estimate of drug-likeness (QED) is 0.885. The number of nitrogens with zero attached hydrogens (tertiary/aromatic N) is 2. The topological polar surface area (TPSA) is 91.7 Å². The zero-order valence-electron chi connectivity index (χ0n) is 11.7. The largest absolute Gasteiger partial charge is 0.478 e. The van der Waals surface area contributed by atoms with Gasteiger partial charge in [0.15, 0.2) is 5.84 Å². The average molecular weight is 315 g/mol. The summed E-state index contributed by atoms with van der Waals surface area (Å²) in [6.45, 7) is 2.37. The summed E-state index contributed by atoms with van der Waals surface area (Å²) in [5.74, 6) is -2.95. The molecule has 1 aromatic heterocycles. The van der Waals surface area contributed by atoms with Gasteiger partial charge < -0.3 is 10.4 Å². The number of carboxylic acids is 1. The molecule has 118 valence electrons. The standard InChI is InChI=1S/C13H12F3N3O3/c1-3-6-5-17-8(4-7(6)10(20)21)9-18-11(22)12(2,19-9)13(14,15)16/h4-5H,3H2,1-2H3,(H,20,21)(H,18,19,22). The molecule has 0 aromatic carbocycles. The predicted molar refractivity (Wildman–Crippen MR) is 69.7 cm³/mol. The molecular formula is C13H12F3N3O3. The van der Waals surface area contributed by atoms with Gasteiger partial charge in [0.25, 0.3) is 5.91 Å². The van der Waals surface area contributed by atoms with Crippen molar-refractivity contribution in [3.63, 3.8) is 0 Å². The number of aromatic nitrogens is 1. The van der Waals surface area contributed by atoms with Gasteiger partial charge in [-0.3, -0.25) is 9.78 Å². The highest BCUT2D eigenvalue weighted by Crippen LogP contribution is 2.36. The van der Waals surface area contributed by atoms with Gasteiger partial charge in [-0.1, -0.05) is 6.92 Å². The molecule has 2 rings (SSSR count). The van der Waals surface area contributed by atoms with E-state index in [1.165, 1.54) is 6.20 Å². The zero-order chi connectivity index (χ0) is 16.7. The Bertz CT molecular complexity index is 685. The van der Waals surface area contributed by atoms with Gasteiger partial charge in [0.05, 0.1) is 5.56 Å². The number of aromatic carboxylic acids is 1. The third-order valence-corrected chi connectivity index (χ3v) is 3.40. The first-order valence-corrected chi connectivity index (χ1v) is 6.30. The molecule has 0 fully saturated rings. The number of halogens is 3. The molecule has 1 amide bonds. The molecule has 2 heterocycles. The van der Waals surface area contributed by atoms with Gasteiger partial charge in [-0.05, 0) is 25.0 Å². The van der Waals surface area contributed by atoms with Gasteiger partial charge >= 0.3 is 12.1 Å². The summed E-state index contributed by atoms with van der Waals surface area (Å²) >= 11 is 0. The van der Waals surface area contributed by atoms with Crippen LogP contribution in [-0.2, 0) is 11.2 Å². The Balaban J connectivity index is 2.50. The van der Waals surface area contributed by atoms with E-state index in [0.29, 0.717) is 18.9 Å². The third kappa shape index (κ3) is 2.42. The van der Waals surface area contributed by atoms with E-state index in [1.54, 1.807) is 6.92 Å². The van der Waals surface area contributed by atoms with Crippen molar-refractivity contribution in [3.8, 4) is 0 Å². The molecule has 0 bridgehead atoms. The maximum atomic E-state index is 12.9. The van der Waals surface area contributed by atoms with Crippen LogP contribution in [0.3, 0.4) is 0 Å². The molecule has 1 aliphatic heterocycles. The molecule has 1 aromatic rings. The number of alkyl halides is 3. The van der Waals surface area contributed by atoms with Crippen molar-refractivity contribution in [2.75, 3.05) is 0 Å². The second-order valence-corrected chi connectivity index (χ2v) is 4.87. The van der Waals surface area contributed by atoms with Crippen LogP contribution in [0.4, 0.5) is 13.2 Å². The number of aliphatic imine (C=N–C) groups is 1. The van der Waals surface area contributed by atoms with Crippen LogP contribution in [0, 0.1) is 0 Å². The fourth-order valence-electron chi connectivity index (χ4n) is 1.94. The Labute approximate surface area is 123 Å². The van der Waals surface area contributed by atoms with Gasteiger partial charge in [-0.15, -0.1) is 0 Å². The number of amidine groups is 1. The molecule has 0 aliphatic carbocycles. The van der Waals surface area contributed by atoms with E-state index in [4.69, 9.17) is 5.11 Å². The van der Waals surface area contributed by atoms with Crippen LogP contribution in [0.2, 0.25) is 0 Å². The Morgan fingerprint density at radius 3 is 2.55 bits per heavy atom. The minimum absolute atomic E-state index is 0.0925. The average Bonchev–Trinajstić information content (AvgIpc) is 2.75. The Kier molecular flexibility index (Phi) is 3.68. The maximum Gasteiger partial charge on any atom is 0.422 e. The Hall–Kier alpha value is -2.45. The fraction of sp³-hybridized carbons (Fsp3) is 0.385. The highest BCUT2D eigenvalue weighted by atomic mass is 19.4. The van der Waals surface area contributed by atoms with E-state index >= 15 is 0 Å². The van der Waals surface area contributed by atoms with Crippen LogP contribution >= 0.6 is 0 Å². The number of carbonyl (C=O) groups is 2. The molecule has 22 heavy (non-hydrogen) atoms. The first-order valence-electron chi connectivity index (χ1n) is 6.30. The number of pyridine rings is 1. The number of rotatable bonds is 3. The Morgan fingerprint density at radius 2 is 2.09 bits per heavy atom. The van der Waals surface area contributed by atoms with Gasteiger partial charge in [0.1, 0.15) is 5.69 Å². The summed E-state index contributed by atoms with van der Waals surface area (Å²) in [4.78, 5) is 30.0. The summed E-state index contributed by atoms with van der Waals surface area (Å²) in [5, 5.41) is 11.1. The van der Waals surface area contributed by atoms with E-state index in [9.17, 15) is 22.8 Å². The van der Waals surface area contributed by atoms with Gasteiger partial charge in [-0.2, -0.15) is 13.2 Å². The van der Waals surface area contributed by atoms with Gasteiger partial charge in [-0.25, -0.2) is 9.79 Å². The molecular weight excluding hydrogens is 303 g/mol. The first kappa shape index (κ1) is 15.9. The third-order valence-electron chi connectivity index (χ3n) is 3.40. The van der Waals surface area contributed by atoms with E-state index in [2.05, 4.69) is 9.98 Å². The fourth-order valence-corrected chi connectivity index (χ4v) is 1.94. The summed E-state index contributed by atoms with van der Waals surface area (Å²) < 4.78 is 38.8. The number of hydrogen-bond acceptors (Lipinski definition) is 4. The van der Waals surface area contributed by atoms with Crippen molar-refractivity contribution >= 4 is 17.7 Å². The van der Waals surface area contributed by atoms with Crippen LogP contribution in [0.25, 0.3) is 0 Å². The minimum atomic E-state index is -4.86. The predicted octanol–water partition coefficient (Wildman–Crippen LogP) is 1.54. The molecule has 0 spiro atoms. The van der Waals surface area contributed by atoms with Crippen LogP contribution in [-0.4, -0.2) is 39.5 Å². The smallest absolute Gasteiger partial charge is 0.422 e. The Morgan fingerprint density at radius 1 is 1.45 bits per heavy atom. The van der Waals surface area contributed by atoms with Gasteiger partial charge in [0, 0.05) is 6.20 Å². The summed E-state index contributed by atoms with van der Waals surface area (Å²) in [6, 6.07) is 1.10. The van der Waals surface area contributed by atoms with Crippen molar-refractivity contribution in [2.24, 2.45) is 4.99 Å². The lowest BCUT2D eigenvalue weighted by molar-refractivity contribution is -0.183. The summed E-state index contributed by atoms with van der Waals surface area (Å²) in [7, 11) is 0. The van der Waals surface area contributed by atoms with E-state index in [1.807, 2.05) is 5.32 Å². The number of carboxylic acid groups (broad SMARTS) is 1. The number of aryl methyl sites for hydroxylation is 1. The SMILES string of the molecule is CCc1cnc(C2=NC(C)(C(F)(F)F)C(=O)N2)cc1C(=O)O. The molecule has 0 radical (unpaired) electrons. The first-order chi connectivity index (χ1) is 10.1. The van der Waals surface area contributed by atoms with Crippen LogP contribution in [0.15, 0.2) is 17.3 Å². The number of hydrogen-bond donors (Lipinski definition) is 2. The lowest BCUT2D eigenvalue weighted by atomic mass is 10.0. The van der Waals surface area contributed by atoms with Crippen molar-refractivity contribution in [3.05, 3.63) is 29.1 Å². The molecule has 1 aliphatic rings. The second kappa shape index (κ2) is 5.08. The number of amides is 1. The molecule has 0 saturated heterocycles. The molecule has 2 N–H and O–H groups in total. The van der Waals surface area contributed by atoms with E-state index < -0.39 is 29.4 Å². The van der Waals surface area contributed by atoms with Crippen LogP contribution in [0.1, 0.15) is 35.5 Å². The normalized spacial score (nSPS) is 21.5. The molecule has 1 atom stereocenters. The second-order valence-electron chi connectivity index (χ2n) is 4.87. The van der Waals surface area contributed by atoms with Gasteiger partial charge in [0.2, 0.25) is 5.54 Å². The van der Waals surface area contributed by atoms with Crippen molar-refractivity contribution in [1.29, 1.82) is 0 Å². The lowest BCUT2D eigenvalue weighted by Crippen LogP contribution is -2.48. The van der Waals surface area contributed by atoms with Crippen molar-refractivity contribution in [2.45, 2.75) is 32.0 Å². The summed E-state index contributed by atoms with van der Waals surface area (Å²) in [5.41, 5.74) is -2.70. The van der Waals surface area contributed by atoms with E-state index in [-0.39, 0.29) is 11.3 Å². The highest BCUT2D eigenvalue weighted by molar-refractivity contribution is 6.15. The van der Waals surface area contributed by atoms with E-state index in [0.717, 1.165) is 6.07 Å². The summed E-state index contributed by atoms with van der Waals surface area (Å²) in [6.07, 6.45) is -3.22. The van der Waals surface area contributed by atoms with Crippen LogP contribution in [0.5, 0.6) is 0 Å². The molecule has 1 unspecified atom stereocenters. The zero-order valence-corrected chi connectivity index (χ0v) is 11.7. The lowest BCUT2D eigenvalue weighted by Gasteiger charge is -2.20. The maximum absolute atomic E-state index is 12.9. The number of nitrogens with one attached hydrogen (secondary N) is 1. The minimum Gasteiger partial charge on any atom is -0.478 e. The van der Waals surface area contributed by atoms with Crippen molar-refractivity contribution in [1.82, 2.24) is 10.3 Å². The van der Waals surface area contributed by atoms with Crippen LogP contribution < -0.4 is 5.32 Å². The molecule has 0 saturated carbocycles. The van der Waals surface area contributed by atoms with Crippen molar-refractivity contribution < 1.29 is 27.9 Å². The highest BCUT2D eigenvalue weighted by Gasteiger charge is 2.60. The monoisotopic (exact) mass is 315 g/mol. The molecule has 6 nitrogen and oxygen atoms in total.